The first-order valence-electron chi connectivity index (χ1n) is 6.40. The van der Waals surface area contributed by atoms with E-state index in [1.54, 1.807) is 0 Å². The molecule has 2 rings (SSSR count). The summed E-state index contributed by atoms with van der Waals surface area (Å²) < 4.78 is 5.29. The van der Waals surface area contributed by atoms with Gasteiger partial charge in [-0.05, 0) is 63.5 Å². The lowest BCUT2D eigenvalue weighted by molar-refractivity contribution is 0.0500. The van der Waals surface area contributed by atoms with Gasteiger partial charge in [-0.1, -0.05) is 0 Å². The zero-order chi connectivity index (χ0) is 13.3. The number of amides is 1. The Bertz CT molecular complexity index is 445. The molecule has 1 amide bonds. The third kappa shape index (κ3) is 3.25. The van der Waals surface area contributed by atoms with Gasteiger partial charge in [0.05, 0.1) is 0 Å². The molecule has 4 heteroatoms. The van der Waals surface area contributed by atoms with Gasteiger partial charge < -0.3 is 10.1 Å². The van der Waals surface area contributed by atoms with E-state index in [-0.39, 0.29) is 12.1 Å². The van der Waals surface area contributed by atoms with E-state index < -0.39 is 5.60 Å². The van der Waals surface area contributed by atoms with Crippen molar-refractivity contribution < 1.29 is 9.53 Å². The van der Waals surface area contributed by atoms with Gasteiger partial charge in [0, 0.05) is 10.9 Å². The van der Waals surface area contributed by atoms with Crippen LogP contribution in [0.4, 0.5) is 4.79 Å². The van der Waals surface area contributed by atoms with Crippen LogP contribution < -0.4 is 5.32 Å². The van der Waals surface area contributed by atoms with Crippen LogP contribution in [0.15, 0.2) is 5.38 Å². The Balaban J connectivity index is 1.92. The summed E-state index contributed by atoms with van der Waals surface area (Å²) in [6, 6.07) is 0.210. The van der Waals surface area contributed by atoms with Gasteiger partial charge in [0.1, 0.15) is 5.60 Å². The normalized spacial score (nSPS) is 19.2. The minimum absolute atomic E-state index is 0.210. The van der Waals surface area contributed by atoms with Gasteiger partial charge >= 0.3 is 6.09 Å². The summed E-state index contributed by atoms with van der Waals surface area (Å²) in [6.45, 7) is 7.82. The first-order valence-corrected chi connectivity index (χ1v) is 7.28. The average Bonchev–Trinajstić information content (AvgIpc) is 2.57. The number of thiophene rings is 1. The number of rotatable bonds is 1. The number of carbonyl (C=O) groups excluding carboxylic acids is 1. The zero-order valence-electron chi connectivity index (χ0n) is 11.5. The highest BCUT2D eigenvalue weighted by atomic mass is 32.1. The van der Waals surface area contributed by atoms with E-state index in [0.717, 1.165) is 19.3 Å². The molecule has 1 aliphatic carbocycles. The maximum atomic E-state index is 11.7. The van der Waals surface area contributed by atoms with Crippen molar-refractivity contribution in [2.45, 2.75) is 58.6 Å². The lowest BCUT2D eigenvalue weighted by Crippen LogP contribution is -2.41. The molecule has 0 spiro atoms. The lowest BCUT2D eigenvalue weighted by atomic mass is 9.90. The predicted octanol–water partition coefficient (Wildman–Crippen LogP) is 3.44. The molecule has 0 fully saturated rings. The van der Waals surface area contributed by atoms with Gasteiger partial charge in [-0.25, -0.2) is 4.79 Å². The number of fused-ring (bicyclic) bond motifs is 1. The summed E-state index contributed by atoms with van der Waals surface area (Å²) >= 11 is 1.81. The van der Waals surface area contributed by atoms with Crippen LogP contribution in [0.1, 0.15) is 43.2 Å². The molecule has 0 aliphatic heterocycles. The molecule has 1 unspecified atom stereocenters. The summed E-state index contributed by atoms with van der Waals surface area (Å²) in [5.41, 5.74) is 2.45. The molecule has 1 aliphatic rings. The third-order valence-corrected chi connectivity index (χ3v) is 4.12. The number of alkyl carbamates (subject to hydrolysis) is 1. The molecule has 3 nitrogen and oxygen atoms in total. The number of hydrogen-bond acceptors (Lipinski definition) is 3. The molecule has 0 saturated carbocycles. The highest BCUT2D eigenvalue weighted by Gasteiger charge is 2.24. The number of nitrogens with one attached hydrogen (secondary N) is 1. The Morgan fingerprint density at radius 2 is 2.22 bits per heavy atom. The summed E-state index contributed by atoms with van der Waals surface area (Å²) in [4.78, 5) is 13.1. The van der Waals surface area contributed by atoms with Gasteiger partial charge in [-0.3, -0.25) is 0 Å². The van der Waals surface area contributed by atoms with Crippen molar-refractivity contribution in [3.8, 4) is 0 Å². The Morgan fingerprint density at radius 1 is 1.50 bits per heavy atom. The van der Waals surface area contributed by atoms with E-state index in [1.807, 2.05) is 32.1 Å². The molecule has 0 saturated heterocycles. The van der Waals surface area contributed by atoms with Crippen LogP contribution in [-0.4, -0.2) is 17.7 Å². The van der Waals surface area contributed by atoms with E-state index >= 15 is 0 Å². The van der Waals surface area contributed by atoms with Crippen molar-refractivity contribution in [3.63, 3.8) is 0 Å². The number of ether oxygens (including phenoxy) is 1. The second kappa shape index (κ2) is 4.92. The largest absolute Gasteiger partial charge is 0.444 e. The van der Waals surface area contributed by atoms with Crippen molar-refractivity contribution in [1.29, 1.82) is 0 Å². The molecule has 100 valence electrons. The van der Waals surface area contributed by atoms with Crippen LogP contribution in [0.25, 0.3) is 0 Å². The quantitative estimate of drug-likeness (QED) is 0.846. The van der Waals surface area contributed by atoms with Gasteiger partial charge in [0.25, 0.3) is 0 Å². The van der Waals surface area contributed by atoms with Gasteiger partial charge in [0.2, 0.25) is 0 Å². The highest BCUT2D eigenvalue weighted by molar-refractivity contribution is 7.10. The Morgan fingerprint density at radius 3 is 2.89 bits per heavy atom. The van der Waals surface area contributed by atoms with Crippen molar-refractivity contribution in [2.75, 3.05) is 0 Å². The third-order valence-electron chi connectivity index (χ3n) is 3.12. The molecule has 1 aromatic rings. The first kappa shape index (κ1) is 13.4. The fraction of sp³-hybridized carbons (Fsp3) is 0.643. The highest BCUT2D eigenvalue weighted by Crippen LogP contribution is 2.29. The molecular formula is C14H21NO2S. The molecule has 1 N–H and O–H groups in total. The Hall–Kier alpha value is -1.03. The Labute approximate surface area is 113 Å². The molecule has 1 atom stereocenters. The second-order valence-electron chi connectivity index (χ2n) is 5.88. The molecular weight excluding hydrogens is 246 g/mol. The standard InChI is InChI=1S/C14H21NO2S/c1-9-12-6-5-11(7-10(12)8-18-9)15-13(16)17-14(2,3)4/h8,11H,5-7H2,1-4H3,(H,15,16). The van der Waals surface area contributed by atoms with Crippen LogP contribution in [0.2, 0.25) is 0 Å². The van der Waals surface area contributed by atoms with E-state index in [1.165, 1.54) is 16.0 Å². The van der Waals surface area contributed by atoms with Crippen molar-refractivity contribution in [2.24, 2.45) is 0 Å². The van der Waals surface area contributed by atoms with E-state index in [9.17, 15) is 4.79 Å². The zero-order valence-corrected chi connectivity index (χ0v) is 12.3. The first-order chi connectivity index (χ1) is 8.35. The summed E-state index contributed by atoms with van der Waals surface area (Å²) in [5.74, 6) is 0. The van der Waals surface area contributed by atoms with Crippen LogP contribution in [0.5, 0.6) is 0 Å². The second-order valence-corrected chi connectivity index (χ2v) is 6.97. The minimum atomic E-state index is -0.428. The summed E-state index contributed by atoms with van der Waals surface area (Å²) in [7, 11) is 0. The fourth-order valence-electron chi connectivity index (χ4n) is 2.32. The molecule has 1 aromatic heterocycles. The monoisotopic (exact) mass is 267 g/mol. The summed E-state index contributed by atoms with van der Waals surface area (Å²) in [6.07, 6.45) is 2.69. The van der Waals surface area contributed by atoms with Gasteiger partial charge in [0.15, 0.2) is 0 Å². The molecule has 18 heavy (non-hydrogen) atoms. The maximum Gasteiger partial charge on any atom is 0.407 e. The van der Waals surface area contributed by atoms with Crippen molar-refractivity contribution in [1.82, 2.24) is 5.32 Å². The van der Waals surface area contributed by atoms with Crippen LogP contribution in [-0.2, 0) is 17.6 Å². The smallest absolute Gasteiger partial charge is 0.407 e. The van der Waals surface area contributed by atoms with E-state index in [2.05, 4.69) is 17.6 Å². The topological polar surface area (TPSA) is 38.3 Å². The molecule has 0 aromatic carbocycles. The number of carbonyl (C=O) groups is 1. The van der Waals surface area contributed by atoms with Crippen LogP contribution in [0, 0.1) is 6.92 Å². The lowest BCUT2D eigenvalue weighted by Gasteiger charge is -2.26. The van der Waals surface area contributed by atoms with E-state index in [4.69, 9.17) is 4.74 Å². The maximum absolute atomic E-state index is 11.7. The van der Waals surface area contributed by atoms with Gasteiger partial charge in [-0.15, -0.1) is 11.3 Å². The molecule has 1 heterocycles. The Kier molecular flexibility index (Phi) is 3.66. The fourth-order valence-corrected chi connectivity index (χ4v) is 3.25. The summed E-state index contributed by atoms with van der Waals surface area (Å²) in [5, 5.41) is 5.18. The van der Waals surface area contributed by atoms with Gasteiger partial charge in [-0.2, -0.15) is 0 Å². The minimum Gasteiger partial charge on any atom is -0.444 e. The van der Waals surface area contributed by atoms with Crippen molar-refractivity contribution >= 4 is 17.4 Å². The van der Waals surface area contributed by atoms with Crippen LogP contribution in [0.3, 0.4) is 0 Å². The molecule has 0 bridgehead atoms. The predicted molar refractivity (Wildman–Crippen MR) is 74.2 cm³/mol. The average molecular weight is 267 g/mol. The number of aryl methyl sites for hydroxylation is 1. The van der Waals surface area contributed by atoms with E-state index in [0.29, 0.717) is 0 Å². The molecule has 0 radical (unpaired) electrons. The SMILES string of the molecule is Cc1scc2c1CCC(NC(=O)OC(C)(C)C)C2. The number of hydrogen-bond donors (Lipinski definition) is 1. The van der Waals surface area contributed by atoms with Crippen LogP contribution >= 0.6 is 11.3 Å². The van der Waals surface area contributed by atoms with Crippen molar-refractivity contribution in [3.05, 3.63) is 21.4 Å².